The van der Waals surface area contributed by atoms with Crippen molar-refractivity contribution in [2.24, 2.45) is 0 Å². The van der Waals surface area contributed by atoms with Crippen LogP contribution in [0.3, 0.4) is 0 Å². The number of methoxy groups -OCH3 is 1. The molecule has 0 spiro atoms. The number of halogens is 1. The highest BCUT2D eigenvalue weighted by Gasteiger charge is 2.23. The molecule has 28 heavy (non-hydrogen) atoms. The van der Waals surface area contributed by atoms with Crippen molar-refractivity contribution in [3.63, 3.8) is 0 Å². The topological polar surface area (TPSA) is 75.7 Å². The van der Waals surface area contributed by atoms with Crippen molar-refractivity contribution in [2.45, 2.75) is 37.6 Å². The van der Waals surface area contributed by atoms with Crippen molar-refractivity contribution < 1.29 is 17.9 Å². The monoisotopic (exact) mass is 424 g/mol. The normalized spacial score (nSPS) is 12.3. The molecule has 2 aromatic rings. The number of anilines is 1. The van der Waals surface area contributed by atoms with E-state index in [0.717, 1.165) is 17.1 Å². The molecule has 1 N–H and O–H groups in total. The van der Waals surface area contributed by atoms with Gasteiger partial charge in [-0.25, -0.2) is 8.42 Å². The number of sulfonamides is 1. The highest BCUT2D eigenvalue weighted by molar-refractivity contribution is 7.92. The second-order valence-electron chi connectivity index (χ2n) is 6.48. The molecule has 0 saturated carbocycles. The molecule has 0 saturated heterocycles. The molecule has 0 radical (unpaired) electrons. The Bertz CT molecular complexity index is 930. The Hall–Kier alpha value is -2.25. The predicted octanol–water partition coefficient (Wildman–Crippen LogP) is 4.09. The molecule has 1 amide bonds. The number of hydrogen-bond acceptors (Lipinski definition) is 4. The highest BCUT2D eigenvalue weighted by atomic mass is 35.5. The molecular weight excluding hydrogens is 400 g/mol. The van der Waals surface area contributed by atoms with E-state index < -0.39 is 10.0 Å². The summed E-state index contributed by atoms with van der Waals surface area (Å²) in [6.07, 6.45) is 1.78. The van der Waals surface area contributed by atoms with Crippen LogP contribution in [0.15, 0.2) is 47.4 Å². The zero-order valence-corrected chi connectivity index (χ0v) is 18.0. The summed E-state index contributed by atoms with van der Waals surface area (Å²) in [4.78, 5) is 12.7. The van der Waals surface area contributed by atoms with Gasteiger partial charge in [-0.3, -0.25) is 9.10 Å². The molecule has 0 fully saturated rings. The average Bonchev–Trinajstić information content (AvgIpc) is 2.67. The van der Waals surface area contributed by atoms with Crippen molar-refractivity contribution in [1.29, 1.82) is 0 Å². The molecule has 2 rings (SSSR count). The maximum Gasteiger partial charge on any atom is 0.264 e. The van der Waals surface area contributed by atoms with E-state index in [2.05, 4.69) is 5.32 Å². The Kier molecular flexibility index (Phi) is 7.32. The summed E-state index contributed by atoms with van der Waals surface area (Å²) in [6, 6.07) is 10.7. The van der Waals surface area contributed by atoms with Crippen LogP contribution in [0.5, 0.6) is 5.75 Å². The SMILES string of the molecule is CCC[C@@H](C)NC(=O)c1cc(N(C)S(=O)(=O)c2ccc(OC)cc2)ccc1Cl. The van der Waals surface area contributed by atoms with Crippen LogP contribution in [-0.2, 0) is 10.0 Å². The van der Waals surface area contributed by atoms with Gasteiger partial charge in [-0.2, -0.15) is 0 Å². The van der Waals surface area contributed by atoms with Gasteiger partial charge in [0, 0.05) is 13.1 Å². The number of carbonyl (C=O) groups excluding carboxylic acids is 1. The molecule has 0 aliphatic heterocycles. The van der Waals surface area contributed by atoms with Gasteiger partial charge >= 0.3 is 0 Å². The number of hydrogen-bond donors (Lipinski definition) is 1. The molecule has 0 aromatic heterocycles. The number of carbonyl (C=O) groups is 1. The highest BCUT2D eigenvalue weighted by Crippen LogP contribution is 2.27. The largest absolute Gasteiger partial charge is 0.497 e. The van der Waals surface area contributed by atoms with Gasteiger partial charge in [-0.05, 0) is 55.8 Å². The van der Waals surface area contributed by atoms with Crippen molar-refractivity contribution in [3.8, 4) is 5.75 Å². The first kappa shape index (κ1) is 22.0. The summed E-state index contributed by atoms with van der Waals surface area (Å²) < 4.78 is 32.0. The van der Waals surface area contributed by atoms with Crippen molar-refractivity contribution in [2.75, 3.05) is 18.5 Å². The third kappa shape index (κ3) is 4.97. The standard InChI is InChI=1S/C20H25ClN2O4S/c1-5-6-14(2)22-20(24)18-13-15(7-12-19(18)21)23(3)28(25,26)17-10-8-16(27-4)9-11-17/h7-14H,5-6H2,1-4H3,(H,22,24)/t14-/m1/s1. The van der Waals surface area contributed by atoms with Gasteiger partial charge < -0.3 is 10.1 Å². The summed E-state index contributed by atoms with van der Waals surface area (Å²) in [6.45, 7) is 3.95. The predicted molar refractivity (Wildman–Crippen MR) is 112 cm³/mol. The van der Waals surface area contributed by atoms with E-state index in [1.807, 2.05) is 13.8 Å². The lowest BCUT2D eigenvalue weighted by Crippen LogP contribution is -2.33. The second kappa shape index (κ2) is 9.30. The fourth-order valence-electron chi connectivity index (χ4n) is 2.73. The number of amides is 1. The van der Waals surface area contributed by atoms with Crippen LogP contribution in [0, 0.1) is 0 Å². The number of nitrogens with one attached hydrogen (secondary N) is 1. The molecular formula is C20H25ClN2O4S. The maximum absolute atomic E-state index is 12.9. The lowest BCUT2D eigenvalue weighted by Gasteiger charge is -2.21. The third-order valence-corrected chi connectivity index (χ3v) is 6.50. The third-order valence-electron chi connectivity index (χ3n) is 4.38. The van der Waals surface area contributed by atoms with Gasteiger partial charge in [0.15, 0.2) is 0 Å². The molecule has 8 heteroatoms. The maximum atomic E-state index is 12.9. The molecule has 0 aliphatic rings. The molecule has 0 aliphatic carbocycles. The van der Waals surface area contributed by atoms with Crippen molar-refractivity contribution in [3.05, 3.63) is 53.1 Å². The van der Waals surface area contributed by atoms with E-state index >= 15 is 0 Å². The van der Waals surface area contributed by atoms with E-state index in [1.54, 1.807) is 18.2 Å². The number of ether oxygens (including phenoxy) is 1. The van der Waals surface area contributed by atoms with Gasteiger partial charge in [0.05, 0.1) is 28.3 Å². The fourth-order valence-corrected chi connectivity index (χ4v) is 4.13. The lowest BCUT2D eigenvalue weighted by atomic mass is 10.1. The van der Waals surface area contributed by atoms with E-state index in [1.165, 1.54) is 38.4 Å². The number of nitrogens with zero attached hydrogens (tertiary/aromatic N) is 1. The first-order chi connectivity index (χ1) is 13.2. The van der Waals surface area contributed by atoms with E-state index in [4.69, 9.17) is 16.3 Å². The first-order valence-electron chi connectivity index (χ1n) is 8.94. The van der Waals surface area contributed by atoms with Crippen LogP contribution in [-0.4, -0.2) is 34.5 Å². The molecule has 2 aromatic carbocycles. The Morgan fingerprint density at radius 1 is 1.21 bits per heavy atom. The summed E-state index contributed by atoms with van der Waals surface area (Å²) in [5.74, 6) is 0.233. The first-order valence-corrected chi connectivity index (χ1v) is 10.8. The quantitative estimate of drug-likeness (QED) is 0.692. The minimum Gasteiger partial charge on any atom is -0.497 e. The Labute approximate surface area is 171 Å². The zero-order valence-electron chi connectivity index (χ0n) is 16.4. The molecule has 6 nitrogen and oxygen atoms in total. The van der Waals surface area contributed by atoms with E-state index in [9.17, 15) is 13.2 Å². The summed E-state index contributed by atoms with van der Waals surface area (Å²) in [5, 5.41) is 3.15. The van der Waals surface area contributed by atoms with E-state index in [0.29, 0.717) is 11.4 Å². The molecule has 152 valence electrons. The average molecular weight is 425 g/mol. The van der Waals surface area contributed by atoms with Crippen LogP contribution >= 0.6 is 11.6 Å². The number of benzene rings is 2. The molecule has 0 heterocycles. The zero-order chi connectivity index (χ0) is 20.9. The molecule has 0 unspecified atom stereocenters. The van der Waals surface area contributed by atoms with Crippen LogP contribution in [0.2, 0.25) is 5.02 Å². The Morgan fingerprint density at radius 3 is 2.43 bits per heavy atom. The van der Waals surface area contributed by atoms with Crippen LogP contribution < -0.4 is 14.4 Å². The summed E-state index contributed by atoms with van der Waals surface area (Å²) >= 11 is 6.18. The smallest absolute Gasteiger partial charge is 0.264 e. The van der Waals surface area contributed by atoms with Gasteiger partial charge in [0.25, 0.3) is 15.9 Å². The molecule has 1 atom stereocenters. The molecule has 0 bridgehead atoms. The lowest BCUT2D eigenvalue weighted by molar-refractivity contribution is 0.0938. The second-order valence-corrected chi connectivity index (χ2v) is 8.85. The van der Waals surface area contributed by atoms with Crippen LogP contribution in [0.25, 0.3) is 0 Å². The minimum atomic E-state index is -3.80. The summed E-state index contributed by atoms with van der Waals surface area (Å²) in [7, 11) is -0.855. The minimum absolute atomic E-state index is 0.00187. The fraction of sp³-hybridized carbons (Fsp3) is 0.350. The van der Waals surface area contributed by atoms with Gasteiger partial charge in [-0.15, -0.1) is 0 Å². The summed E-state index contributed by atoms with van der Waals surface area (Å²) in [5.41, 5.74) is 0.576. The van der Waals surface area contributed by atoms with Gasteiger partial charge in [0.2, 0.25) is 0 Å². The van der Waals surface area contributed by atoms with Crippen molar-refractivity contribution >= 4 is 33.2 Å². The Morgan fingerprint density at radius 2 is 1.86 bits per heavy atom. The van der Waals surface area contributed by atoms with Gasteiger partial charge in [0.1, 0.15) is 5.75 Å². The van der Waals surface area contributed by atoms with Crippen molar-refractivity contribution in [1.82, 2.24) is 5.32 Å². The van der Waals surface area contributed by atoms with Crippen LogP contribution in [0.4, 0.5) is 5.69 Å². The Balaban J connectivity index is 2.32. The van der Waals surface area contributed by atoms with E-state index in [-0.39, 0.29) is 27.4 Å². The number of rotatable bonds is 8. The van der Waals surface area contributed by atoms with Gasteiger partial charge in [-0.1, -0.05) is 24.9 Å². The van der Waals surface area contributed by atoms with Crippen LogP contribution in [0.1, 0.15) is 37.0 Å².